The molecule has 1 aromatic carbocycles. The Morgan fingerprint density at radius 3 is 2.57 bits per heavy atom. The van der Waals surface area contributed by atoms with Gasteiger partial charge in [-0.15, -0.1) is 0 Å². The normalized spacial score (nSPS) is 14.4. The second kappa shape index (κ2) is 6.56. The molecular weight excluding hydrogens is 280 g/mol. The van der Waals surface area contributed by atoms with Gasteiger partial charge in [-0.25, -0.2) is 0 Å². The predicted octanol–water partition coefficient (Wildman–Crippen LogP) is 3.60. The van der Waals surface area contributed by atoms with Crippen molar-refractivity contribution in [1.82, 2.24) is 0 Å². The lowest BCUT2D eigenvalue weighted by atomic mass is 9.81. The third-order valence-corrected chi connectivity index (χ3v) is 5.15. The van der Waals surface area contributed by atoms with Gasteiger partial charge in [0, 0.05) is 5.69 Å². The number of hydrogen-bond donors (Lipinski definition) is 2. The lowest BCUT2D eigenvalue weighted by Crippen LogP contribution is -2.45. The number of anilines is 1. The van der Waals surface area contributed by atoms with Crippen LogP contribution in [-0.2, 0) is 17.6 Å². The molecule has 1 amide bonds. The van der Waals surface area contributed by atoms with Crippen molar-refractivity contribution < 1.29 is 4.79 Å². The van der Waals surface area contributed by atoms with Gasteiger partial charge in [0.15, 0.2) is 0 Å². The Labute approximate surface area is 132 Å². The first-order valence-electron chi connectivity index (χ1n) is 7.77. The Balaban J connectivity index is 2.29. The van der Waals surface area contributed by atoms with Crippen molar-refractivity contribution in [3.8, 4) is 0 Å². The van der Waals surface area contributed by atoms with E-state index in [4.69, 9.17) is 18.0 Å². The van der Waals surface area contributed by atoms with Crippen LogP contribution < -0.4 is 11.1 Å². The molecule has 0 aromatic heterocycles. The van der Waals surface area contributed by atoms with Gasteiger partial charge >= 0.3 is 0 Å². The topological polar surface area (TPSA) is 55.1 Å². The lowest BCUT2D eigenvalue weighted by Gasteiger charge is -2.30. The minimum absolute atomic E-state index is 0.0704. The van der Waals surface area contributed by atoms with Gasteiger partial charge in [-0.2, -0.15) is 0 Å². The summed E-state index contributed by atoms with van der Waals surface area (Å²) in [5.41, 5.74) is 8.68. The molecule has 1 aliphatic carbocycles. The van der Waals surface area contributed by atoms with Crippen molar-refractivity contribution in [1.29, 1.82) is 0 Å². The van der Waals surface area contributed by atoms with E-state index in [2.05, 4.69) is 11.4 Å². The zero-order valence-electron chi connectivity index (χ0n) is 12.9. The maximum absolute atomic E-state index is 12.7. The van der Waals surface area contributed by atoms with Crippen molar-refractivity contribution in [2.45, 2.75) is 52.4 Å². The van der Waals surface area contributed by atoms with Crippen LogP contribution in [0.4, 0.5) is 5.69 Å². The van der Waals surface area contributed by atoms with E-state index < -0.39 is 5.41 Å². The molecule has 3 nitrogen and oxygen atoms in total. The van der Waals surface area contributed by atoms with Crippen LogP contribution in [0, 0.1) is 5.41 Å². The van der Waals surface area contributed by atoms with E-state index >= 15 is 0 Å². The number of amides is 1. The Kier molecular flexibility index (Phi) is 4.99. The molecule has 2 rings (SSSR count). The SMILES string of the molecule is CCC(CC)(C(=O)Nc1cccc2c1CCCC2)C(N)=S. The summed E-state index contributed by atoms with van der Waals surface area (Å²) in [6.45, 7) is 3.92. The second-order valence-electron chi connectivity index (χ2n) is 5.76. The molecule has 0 saturated carbocycles. The highest BCUT2D eigenvalue weighted by Crippen LogP contribution is 2.32. The molecule has 0 spiro atoms. The van der Waals surface area contributed by atoms with Crippen LogP contribution in [0.2, 0.25) is 0 Å². The average Bonchev–Trinajstić information content (AvgIpc) is 2.49. The largest absolute Gasteiger partial charge is 0.392 e. The number of carbonyl (C=O) groups excluding carboxylic acids is 1. The molecule has 0 atom stereocenters. The van der Waals surface area contributed by atoms with Crippen LogP contribution in [0.5, 0.6) is 0 Å². The Morgan fingerprint density at radius 1 is 1.29 bits per heavy atom. The molecule has 3 N–H and O–H groups in total. The van der Waals surface area contributed by atoms with Crippen LogP contribution in [0.3, 0.4) is 0 Å². The van der Waals surface area contributed by atoms with Crippen LogP contribution in [0.15, 0.2) is 18.2 Å². The standard InChI is InChI=1S/C17H24N2OS/c1-3-17(4-2,15(18)21)16(20)19-14-11-7-9-12-8-5-6-10-13(12)14/h7,9,11H,3-6,8,10H2,1-2H3,(H2,18,21)(H,19,20). The van der Waals surface area contributed by atoms with Crippen molar-refractivity contribution >= 4 is 28.8 Å². The number of aryl methyl sites for hydroxylation is 1. The fourth-order valence-corrected chi connectivity index (χ4v) is 3.55. The van der Waals surface area contributed by atoms with Crippen LogP contribution in [0.25, 0.3) is 0 Å². The van der Waals surface area contributed by atoms with Crippen molar-refractivity contribution in [2.75, 3.05) is 5.32 Å². The summed E-state index contributed by atoms with van der Waals surface area (Å²) >= 11 is 5.16. The van der Waals surface area contributed by atoms with Gasteiger partial charge in [-0.3, -0.25) is 4.79 Å². The number of fused-ring (bicyclic) bond motifs is 1. The molecule has 0 fully saturated rings. The highest BCUT2D eigenvalue weighted by molar-refractivity contribution is 7.80. The molecule has 0 unspecified atom stereocenters. The molecule has 0 heterocycles. The summed E-state index contributed by atoms with van der Waals surface area (Å²) in [7, 11) is 0. The molecule has 0 bridgehead atoms. The summed E-state index contributed by atoms with van der Waals surface area (Å²) in [6, 6.07) is 6.16. The lowest BCUT2D eigenvalue weighted by molar-refractivity contribution is -0.122. The van der Waals surface area contributed by atoms with Gasteiger partial charge in [-0.05, 0) is 55.7 Å². The number of benzene rings is 1. The zero-order valence-corrected chi connectivity index (χ0v) is 13.7. The van der Waals surface area contributed by atoms with Crippen molar-refractivity contribution in [3.63, 3.8) is 0 Å². The van der Waals surface area contributed by atoms with E-state index in [1.165, 1.54) is 24.0 Å². The molecular formula is C17H24N2OS. The number of carbonyl (C=O) groups is 1. The Bertz CT molecular complexity index is 550. The summed E-state index contributed by atoms with van der Waals surface area (Å²) < 4.78 is 0. The van der Waals surface area contributed by atoms with Crippen molar-refractivity contribution in [2.24, 2.45) is 11.1 Å². The summed E-state index contributed by atoms with van der Waals surface area (Å²) in [4.78, 5) is 13.0. The van der Waals surface area contributed by atoms with Gasteiger partial charge in [-0.1, -0.05) is 38.2 Å². The first-order valence-corrected chi connectivity index (χ1v) is 8.18. The van der Waals surface area contributed by atoms with E-state index in [0.29, 0.717) is 12.8 Å². The fraction of sp³-hybridized carbons (Fsp3) is 0.529. The summed E-state index contributed by atoms with van der Waals surface area (Å²) in [6.07, 6.45) is 5.79. The van der Waals surface area contributed by atoms with Gasteiger partial charge in [0.05, 0.1) is 10.4 Å². The van der Waals surface area contributed by atoms with E-state index in [0.717, 1.165) is 18.5 Å². The molecule has 0 saturated heterocycles. The molecule has 114 valence electrons. The average molecular weight is 304 g/mol. The van der Waals surface area contributed by atoms with Gasteiger partial charge < -0.3 is 11.1 Å². The van der Waals surface area contributed by atoms with Crippen LogP contribution in [0.1, 0.15) is 50.7 Å². The highest BCUT2D eigenvalue weighted by atomic mass is 32.1. The van der Waals surface area contributed by atoms with E-state index in [1.807, 2.05) is 26.0 Å². The monoisotopic (exact) mass is 304 g/mol. The van der Waals surface area contributed by atoms with Gasteiger partial charge in [0.1, 0.15) is 0 Å². The molecule has 21 heavy (non-hydrogen) atoms. The quantitative estimate of drug-likeness (QED) is 0.817. The number of hydrogen-bond acceptors (Lipinski definition) is 2. The second-order valence-corrected chi connectivity index (χ2v) is 6.20. The predicted molar refractivity (Wildman–Crippen MR) is 91.5 cm³/mol. The minimum Gasteiger partial charge on any atom is -0.392 e. The summed E-state index contributed by atoms with van der Waals surface area (Å²) in [5, 5.41) is 3.09. The Morgan fingerprint density at radius 2 is 1.95 bits per heavy atom. The zero-order chi connectivity index (χ0) is 15.5. The number of rotatable bonds is 5. The number of nitrogens with two attached hydrogens (primary N) is 1. The minimum atomic E-state index is -0.743. The van der Waals surface area contributed by atoms with Gasteiger partial charge in [0.25, 0.3) is 0 Å². The van der Waals surface area contributed by atoms with E-state index in [-0.39, 0.29) is 10.9 Å². The Hall–Kier alpha value is -1.42. The van der Waals surface area contributed by atoms with Gasteiger partial charge in [0.2, 0.25) is 5.91 Å². The van der Waals surface area contributed by atoms with E-state index in [1.54, 1.807) is 0 Å². The molecule has 1 aliphatic rings. The molecule has 1 aromatic rings. The third-order valence-electron chi connectivity index (χ3n) is 4.76. The smallest absolute Gasteiger partial charge is 0.237 e. The molecule has 0 aliphatic heterocycles. The highest BCUT2D eigenvalue weighted by Gasteiger charge is 2.38. The van der Waals surface area contributed by atoms with E-state index in [9.17, 15) is 4.79 Å². The first-order chi connectivity index (χ1) is 10.0. The van der Waals surface area contributed by atoms with Crippen LogP contribution in [-0.4, -0.2) is 10.9 Å². The number of thiocarbonyl (C=S) groups is 1. The summed E-state index contributed by atoms with van der Waals surface area (Å²) in [5.74, 6) is -0.0704. The fourth-order valence-electron chi connectivity index (χ4n) is 3.17. The maximum atomic E-state index is 12.7. The first kappa shape index (κ1) is 16.0. The number of nitrogens with one attached hydrogen (secondary N) is 1. The third kappa shape index (κ3) is 2.95. The van der Waals surface area contributed by atoms with Crippen molar-refractivity contribution in [3.05, 3.63) is 29.3 Å². The maximum Gasteiger partial charge on any atom is 0.237 e. The molecule has 0 radical (unpaired) electrons. The molecule has 4 heteroatoms. The van der Waals surface area contributed by atoms with Crippen LogP contribution >= 0.6 is 12.2 Å².